The first-order valence-electron chi connectivity index (χ1n) is 6.92. The largest absolute Gasteiger partial charge is 0.497 e. The molecule has 21 heavy (non-hydrogen) atoms. The lowest BCUT2D eigenvalue weighted by Gasteiger charge is -2.04. The van der Waals surface area contributed by atoms with Crippen molar-refractivity contribution in [2.45, 2.75) is 13.3 Å². The Labute approximate surface area is 128 Å². The average Bonchev–Trinajstić information content (AvgIpc) is 3.02. The topological polar surface area (TPSA) is 26.3 Å². The van der Waals surface area contributed by atoms with E-state index >= 15 is 0 Å². The number of carbonyl (C=O) groups excluding carboxylic acids is 1. The van der Waals surface area contributed by atoms with Gasteiger partial charge < -0.3 is 4.74 Å². The fraction of sp³-hybridized carbons (Fsp3) is 0.167. The molecule has 0 amide bonds. The Morgan fingerprint density at radius 1 is 1.05 bits per heavy atom. The molecule has 1 heterocycles. The van der Waals surface area contributed by atoms with Crippen LogP contribution in [-0.4, -0.2) is 12.9 Å². The normalized spacial score (nSPS) is 10.8. The fourth-order valence-corrected chi connectivity index (χ4v) is 3.23. The van der Waals surface area contributed by atoms with E-state index in [2.05, 4.69) is 6.92 Å². The van der Waals surface area contributed by atoms with Crippen LogP contribution in [0.5, 0.6) is 5.75 Å². The first-order valence-corrected chi connectivity index (χ1v) is 7.74. The second-order valence-electron chi connectivity index (χ2n) is 4.88. The van der Waals surface area contributed by atoms with E-state index in [0.717, 1.165) is 33.4 Å². The highest BCUT2D eigenvalue weighted by atomic mass is 32.1. The first-order chi connectivity index (χ1) is 10.2. The van der Waals surface area contributed by atoms with Crippen LogP contribution in [0.25, 0.3) is 10.8 Å². The molecule has 2 aromatic carbocycles. The minimum Gasteiger partial charge on any atom is -0.497 e. The number of aryl methyl sites for hydroxylation is 1. The highest BCUT2D eigenvalue weighted by molar-refractivity contribution is 7.14. The molecule has 2 nitrogen and oxygen atoms in total. The zero-order chi connectivity index (χ0) is 14.8. The monoisotopic (exact) mass is 296 g/mol. The van der Waals surface area contributed by atoms with Crippen molar-refractivity contribution >= 4 is 27.9 Å². The molecule has 0 aliphatic carbocycles. The van der Waals surface area contributed by atoms with Crippen molar-refractivity contribution in [3.8, 4) is 5.75 Å². The van der Waals surface area contributed by atoms with Gasteiger partial charge in [-0.3, -0.25) is 4.79 Å². The maximum Gasteiger partial charge on any atom is 0.202 e. The number of rotatable bonds is 4. The average molecular weight is 296 g/mol. The molecule has 0 fully saturated rings. The molecular formula is C18H16O2S. The lowest BCUT2D eigenvalue weighted by molar-refractivity contribution is 0.104. The third-order valence-corrected chi connectivity index (χ3v) is 4.77. The van der Waals surface area contributed by atoms with Gasteiger partial charge >= 0.3 is 0 Å². The van der Waals surface area contributed by atoms with Crippen LogP contribution in [0.3, 0.4) is 0 Å². The third kappa shape index (κ3) is 2.69. The molecule has 0 N–H and O–H groups in total. The number of thiophene rings is 1. The van der Waals surface area contributed by atoms with Gasteiger partial charge in [0.1, 0.15) is 5.75 Å². The Hall–Kier alpha value is -2.13. The van der Waals surface area contributed by atoms with Crippen LogP contribution in [0.1, 0.15) is 27.0 Å². The van der Waals surface area contributed by atoms with Crippen LogP contribution >= 0.6 is 11.3 Å². The summed E-state index contributed by atoms with van der Waals surface area (Å²) in [7, 11) is 1.65. The Balaban J connectivity index is 1.98. The molecular weight excluding hydrogens is 280 g/mol. The molecule has 0 spiro atoms. The Kier molecular flexibility index (Phi) is 3.76. The first kappa shape index (κ1) is 13.8. The number of fused-ring (bicyclic) bond motifs is 1. The van der Waals surface area contributed by atoms with Crippen LogP contribution in [-0.2, 0) is 6.42 Å². The third-order valence-electron chi connectivity index (χ3n) is 3.54. The molecule has 3 heteroatoms. The zero-order valence-corrected chi connectivity index (χ0v) is 12.9. The van der Waals surface area contributed by atoms with Gasteiger partial charge in [-0.2, -0.15) is 0 Å². The van der Waals surface area contributed by atoms with Crippen LogP contribution in [0.2, 0.25) is 0 Å². The van der Waals surface area contributed by atoms with Gasteiger partial charge in [0, 0.05) is 10.4 Å². The van der Waals surface area contributed by atoms with Gasteiger partial charge in [0.25, 0.3) is 0 Å². The summed E-state index contributed by atoms with van der Waals surface area (Å²) in [6, 6.07) is 15.6. The molecule has 0 unspecified atom stereocenters. The lowest BCUT2D eigenvalue weighted by Crippen LogP contribution is -1.98. The standard InChI is InChI=1S/C18H16O2S/c1-3-16-8-9-17(21-16)18(19)14-5-4-13-11-15(20-2)7-6-12(13)10-14/h4-11H,3H2,1-2H3. The van der Waals surface area contributed by atoms with Gasteiger partial charge in [-0.15, -0.1) is 11.3 Å². The number of benzene rings is 2. The van der Waals surface area contributed by atoms with Crippen molar-refractivity contribution in [3.63, 3.8) is 0 Å². The fourth-order valence-electron chi connectivity index (χ4n) is 2.32. The molecule has 0 saturated carbocycles. The summed E-state index contributed by atoms with van der Waals surface area (Å²) >= 11 is 1.58. The van der Waals surface area contributed by atoms with E-state index in [1.54, 1.807) is 18.4 Å². The highest BCUT2D eigenvalue weighted by Gasteiger charge is 2.12. The minimum absolute atomic E-state index is 0.0948. The maximum atomic E-state index is 12.5. The second-order valence-corrected chi connectivity index (χ2v) is 6.04. The molecule has 3 aromatic rings. The summed E-state index contributed by atoms with van der Waals surface area (Å²) in [5, 5.41) is 2.13. The van der Waals surface area contributed by atoms with E-state index < -0.39 is 0 Å². The van der Waals surface area contributed by atoms with Crippen molar-refractivity contribution in [1.82, 2.24) is 0 Å². The SMILES string of the molecule is CCc1ccc(C(=O)c2ccc3cc(OC)ccc3c2)s1. The van der Waals surface area contributed by atoms with Crippen molar-refractivity contribution < 1.29 is 9.53 Å². The van der Waals surface area contributed by atoms with Crippen LogP contribution in [0, 0.1) is 0 Å². The Morgan fingerprint density at radius 2 is 1.81 bits per heavy atom. The summed E-state index contributed by atoms with van der Waals surface area (Å²) in [6.45, 7) is 2.10. The summed E-state index contributed by atoms with van der Waals surface area (Å²) in [5.41, 5.74) is 0.733. The smallest absolute Gasteiger partial charge is 0.202 e. The number of carbonyl (C=O) groups is 1. The summed E-state index contributed by atoms with van der Waals surface area (Å²) in [4.78, 5) is 14.6. The molecule has 0 atom stereocenters. The number of methoxy groups -OCH3 is 1. The summed E-state index contributed by atoms with van der Waals surface area (Å²) in [6.07, 6.45) is 0.968. The predicted molar refractivity (Wildman–Crippen MR) is 87.6 cm³/mol. The Morgan fingerprint density at radius 3 is 2.52 bits per heavy atom. The van der Waals surface area contributed by atoms with E-state index in [-0.39, 0.29) is 5.78 Å². The number of hydrogen-bond donors (Lipinski definition) is 0. The maximum absolute atomic E-state index is 12.5. The van der Waals surface area contributed by atoms with Crippen molar-refractivity contribution in [2.24, 2.45) is 0 Å². The van der Waals surface area contributed by atoms with E-state index in [1.807, 2.05) is 48.5 Å². The van der Waals surface area contributed by atoms with Gasteiger partial charge in [-0.1, -0.05) is 25.1 Å². The van der Waals surface area contributed by atoms with E-state index in [4.69, 9.17) is 4.74 Å². The molecule has 3 rings (SSSR count). The van der Waals surface area contributed by atoms with E-state index in [9.17, 15) is 4.79 Å². The number of ketones is 1. The lowest BCUT2D eigenvalue weighted by atomic mass is 10.0. The van der Waals surface area contributed by atoms with Gasteiger partial charge in [0.05, 0.1) is 12.0 Å². The Bertz CT molecular complexity index is 802. The zero-order valence-electron chi connectivity index (χ0n) is 12.1. The summed E-state index contributed by atoms with van der Waals surface area (Å²) in [5.74, 6) is 0.921. The van der Waals surface area contributed by atoms with Crippen molar-refractivity contribution in [2.75, 3.05) is 7.11 Å². The molecule has 0 bridgehead atoms. The van der Waals surface area contributed by atoms with Crippen LogP contribution < -0.4 is 4.74 Å². The van der Waals surface area contributed by atoms with Gasteiger partial charge in [0.15, 0.2) is 0 Å². The van der Waals surface area contributed by atoms with E-state index in [1.165, 1.54) is 4.88 Å². The molecule has 0 radical (unpaired) electrons. The highest BCUT2D eigenvalue weighted by Crippen LogP contribution is 2.25. The van der Waals surface area contributed by atoms with Gasteiger partial charge in [0.2, 0.25) is 5.78 Å². The predicted octanol–water partition coefficient (Wildman–Crippen LogP) is 4.70. The summed E-state index contributed by atoms with van der Waals surface area (Å²) < 4.78 is 5.22. The number of ether oxygens (including phenoxy) is 1. The van der Waals surface area contributed by atoms with Gasteiger partial charge in [-0.05, 0) is 47.5 Å². The van der Waals surface area contributed by atoms with Gasteiger partial charge in [-0.25, -0.2) is 0 Å². The number of hydrogen-bond acceptors (Lipinski definition) is 3. The molecule has 106 valence electrons. The molecule has 0 saturated heterocycles. The molecule has 1 aromatic heterocycles. The van der Waals surface area contributed by atoms with Crippen molar-refractivity contribution in [3.05, 3.63) is 63.8 Å². The quantitative estimate of drug-likeness (QED) is 0.652. The molecule has 0 aliphatic rings. The molecule has 0 aliphatic heterocycles. The van der Waals surface area contributed by atoms with Crippen LogP contribution in [0.4, 0.5) is 0 Å². The van der Waals surface area contributed by atoms with Crippen LogP contribution in [0.15, 0.2) is 48.5 Å². The minimum atomic E-state index is 0.0948. The van der Waals surface area contributed by atoms with E-state index in [0.29, 0.717) is 0 Å². The van der Waals surface area contributed by atoms with Crippen molar-refractivity contribution in [1.29, 1.82) is 0 Å². The second kappa shape index (κ2) is 5.70.